The van der Waals surface area contributed by atoms with Gasteiger partial charge in [0.05, 0.1) is 6.61 Å². The lowest BCUT2D eigenvalue weighted by molar-refractivity contribution is 0.299. The van der Waals surface area contributed by atoms with E-state index >= 15 is 0 Å². The quantitative estimate of drug-likeness (QED) is 0.729. The number of rotatable bonds is 7. The van der Waals surface area contributed by atoms with Crippen molar-refractivity contribution >= 4 is 0 Å². The third kappa shape index (κ3) is 5.22. The van der Waals surface area contributed by atoms with Crippen molar-refractivity contribution in [2.45, 2.75) is 45.6 Å². The molecule has 2 heteroatoms. The summed E-state index contributed by atoms with van der Waals surface area (Å²) in [5.41, 5.74) is 1.34. The number of ether oxygens (including phenoxy) is 1. The van der Waals surface area contributed by atoms with E-state index in [1.54, 1.807) is 0 Å². The third-order valence-corrected chi connectivity index (χ3v) is 3.07. The molecular weight excluding hydrogens is 210 g/mol. The summed E-state index contributed by atoms with van der Waals surface area (Å²) in [6.45, 7) is 7.40. The molecule has 0 aromatic heterocycles. The van der Waals surface area contributed by atoms with Crippen LogP contribution >= 0.6 is 0 Å². The van der Waals surface area contributed by atoms with Gasteiger partial charge in [0.15, 0.2) is 0 Å². The Kier molecular flexibility index (Phi) is 6.06. The van der Waals surface area contributed by atoms with E-state index in [0.717, 1.165) is 25.2 Å². The van der Waals surface area contributed by atoms with E-state index in [0.29, 0.717) is 12.0 Å². The van der Waals surface area contributed by atoms with Gasteiger partial charge in [0.25, 0.3) is 0 Å². The van der Waals surface area contributed by atoms with Gasteiger partial charge in [-0.1, -0.05) is 26.0 Å². The van der Waals surface area contributed by atoms with E-state index in [1.807, 2.05) is 13.1 Å². The van der Waals surface area contributed by atoms with Crippen LogP contribution in [0.3, 0.4) is 0 Å². The molecule has 1 rings (SSSR count). The Morgan fingerprint density at radius 3 is 2.65 bits per heavy atom. The zero-order chi connectivity index (χ0) is 12.7. The molecule has 0 amide bonds. The molecule has 0 aliphatic rings. The zero-order valence-corrected chi connectivity index (χ0v) is 11.5. The molecule has 0 aliphatic carbocycles. The van der Waals surface area contributed by atoms with Gasteiger partial charge in [0, 0.05) is 6.04 Å². The van der Waals surface area contributed by atoms with Crippen LogP contribution in [-0.4, -0.2) is 19.7 Å². The average molecular weight is 235 g/mol. The van der Waals surface area contributed by atoms with Crippen molar-refractivity contribution in [2.75, 3.05) is 13.7 Å². The van der Waals surface area contributed by atoms with Crippen LogP contribution in [0, 0.1) is 0 Å². The maximum atomic E-state index is 5.76. The molecule has 2 nitrogen and oxygen atoms in total. The fourth-order valence-corrected chi connectivity index (χ4v) is 1.69. The van der Waals surface area contributed by atoms with Gasteiger partial charge in [-0.15, -0.1) is 0 Å². The van der Waals surface area contributed by atoms with Crippen LogP contribution in [0.2, 0.25) is 0 Å². The van der Waals surface area contributed by atoms with Gasteiger partial charge < -0.3 is 10.1 Å². The lowest BCUT2D eigenvalue weighted by Gasteiger charge is -2.12. The van der Waals surface area contributed by atoms with Gasteiger partial charge in [0.1, 0.15) is 5.75 Å². The lowest BCUT2D eigenvalue weighted by Crippen LogP contribution is -2.21. The zero-order valence-electron chi connectivity index (χ0n) is 11.5. The molecule has 0 saturated carbocycles. The Labute approximate surface area is 105 Å². The summed E-state index contributed by atoms with van der Waals surface area (Å²) in [7, 11) is 2.00. The molecule has 0 spiro atoms. The normalized spacial score (nSPS) is 12.8. The standard InChI is InChI=1S/C15H25NO/c1-12(2)14-8-5-9-15(11-14)17-10-6-7-13(3)16-4/h5,8-9,11-13,16H,6-7,10H2,1-4H3. The number of hydrogen-bond donors (Lipinski definition) is 1. The van der Waals surface area contributed by atoms with Crippen LogP contribution in [0.15, 0.2) is 24.3 Å². The summed E-state index contributed by atoms with van der Waals surface area (Å²) < 4.78 is 5.76. The summed E-state index contributed by atoms with van der Waals surface area (Å²) in [5.74, 6) is 1.55. The van der Waals surface area contributed by atoms with Gasteiger partial charge in [-0.2, -0.15) is 0 Å². The van der Waals surface area contributed by atoms with Crippen LogP contribution in [-0.2, 0) is 0 Å². The number of nitrogens with one attached hydrogen (secondary N) is 1. The van der Waals surface area contributed by atoms with Crippen molar-refractivity contribution in [3.8, 4) is 5.75 Å². The highest BCUT2D eigenvalue weighted by Crippen LogP contribution is 2.20. The van der Waals surface area contributed by atoms with Crippen molar-refractivity contribution in [1.29, 1.82) is 0 Å². The van der Waals surface area contributed by atoms with Gasteiger partial charge in [-0.25, -0.2) is 0 Å². The molecule has 0 fully saturated rings. The molecule has 0 heterocycles. The fourth-order valence-electron chi connectivity index (χ4n) is 1.69. The SMILES string of the molecule is CNC(C)CCCOc1cccc(C(C)C)c1. The molecule has 0 bridgehead atoms. The Morgan fingerprint density at radius 2 is 2.00 bits per heavy atom. The fraction of sp³-hybridized carbons (Fsp3) is 0.600. The minimum absolute atomic E-state index is 0.558. The van der Waals surface area contributed by atoms with Crippen LogP contribution in [0.1, 0.15) is 45.1 Å². The predicted molar refractivity (Wildman–Crippen MR) is 73.8 cm³/mol. The van der Waals surface area contributed by atoms with Crippen LogP contribution < -0.4 is 10.1 Å². The summed E-state index contributed by atoms with van der Waals surface area (Å²) in [6.07, 6.45) is 2.24. The highest BCUT2D eigenvalue weighted by atomic mass is 16.5. The molecular formula is C15H25NO. The summed E-state index contributed by atoms with van der Waals surface area (Å²) in [4.78, 5) is 0. The van der Waals surface area contributed by atoms with E-state index in [-0.39, 0.29) is 0 Å². The molecule has 1 aromatic carbocycles. The first-order valence-electron chi connectivity index (χ1n) is 6.53. The summed E-state index contributed by atoms with van der Waals surface area (Å²) in [5, 5.41) is 3.23. The molecule has 0 radical (unpaired) electrons. The van der Waals surface area contributed by atoms with E-state index < -0.39 is 0 Å². The van der Waals surface area contributed by atoms with Gasteiger partial charge in [-0.3, -0.25) is 0 Å². The van der Waals surface area contributed by atoms with E-state index in [1.165, 1.54) is 5.56 Å². The second kappa shape index (κ2) is 7.33. The molecule has 0 aliphatic heterocycles. The third-order valence-electron chi connectivity index (χ3n) is 3.07. The van der Waals surface area contributed by atoms with E-state index in [2.05, 4.69) is 44.3 Å². The smallest absolute Gasteiger partial charge is 0.119 e. The minimum atomic E-state index is 0.558. The Bertz CT molecular complexity index is 322. The number of benzene rings is 1. The molecule has 1 aromatic rings. The first-order chi connectivity index (χ1) is 8.13. The Hall–Kier alpha value is -1.02. The van der Waals surface area contributed by atoms with Crippen molar-refractivity contribution < 1.29 is 4.74 Å². The highest BCUT2D eigenvalue weighted by Gasteiger charge is 2.01. The van der Waals surface area contributed by atoms with E-state index in [9.17, 15) is 0 Å². The molecule has 17 heavy (non-hydrogen) atoms. The van der Waals surface area contributed by atoms with Crippen LogP contribution in [0.5, 0.6) is 5.75 Å². The van der Waals surface area contributed by atoms with Crippen molar-refractivity contribution in [1.82, 2.24) is 5.32 Å². The predicted octanol–water partition coefficient (Wildman–Crippen LogP) is 3.58. The molecule has 1 N–H and O–H groups in total. The highest BCUT2D eigenvalue weighted by molar-refractivity contribution is 5.30. The Morgan fingerprint density at radius 1 is 1.24 bits per heavy atom. The van der Waals surface area contributed by atoms with E-state index in [4.69, 9.17) is 4.74 Å². The maximum Gasteiger partial charge on any atom is 0.119 e. The second-order valence-corrected chi connectivity index (χ2v) is 4.91. The summed E-state index contributed by atoms with van der Waals surface area (Å²) in [6, 6.07) is 8.97. The van der Waals surface area contributed by atoms with Crippen LogP contribution in [0.25, 0.3) is 0 Å². The van der Waals surface area contributed by atoms with Gasteiger partial charge in [0.2, 0.25) is 0 Å². The largest absolute Gasteiger partial charge is 0.494 e. The topological polar surface area (TPSA) is 21.3 Å². The van der Waals surface area contributed by atoms with Crippen molar-refractivity contribution in [3.05, 3.63) is 29.8 Å². The maximum absolute atomic E-state index is 5.76. The average Bonchev–Trinajstić information content (AvgIpc) is 2.34. The monoisotopic (exact) mass is 235 g/mol. The second-order valence-electron chi connectivity index (χ2n) is 4.91. The molecule has 1 unspecified atom stereocenters. The van der Waals surface area contributed by atoms with Crippen molar-refractivity contribution in [2.24, 2.45) is 0 Å². The first kappa shape index (κ1) is 14.0. The van der Waals surface area contributed by atoms with Crippen molar-refractivity contribution in [3.63, 3.8) is 0 Å². The van der Waals surface area contributed by atoms with Crippen LogP contribution in [0.4, 0.5) is 0 Å². The first-order valence-corrected chi connectivity index (χ1v) is 6.53. The molecule has 0 saturated heterocycles. The van der Waals surface area contributed by atoms with Gasteiger partial charge in [-0.05, 0) is 50.4 Å². The molecule has 1 atom stereocenters. The number of hydrogen-bond acceptors (Lipinski definition) is 2. The van der Waals surface area contributed by atoms with Gasteiger partial charge >= 0.3 is 0 Å². The lowest BCUT2D eigenvalue weighted by atomic mass is 10.0. The summed E-state index contributed by atoms with van der Waals surface area (Å²) >= 11 is 0. The Balaban J connectivity index is 2.34. The molecule has 96 valence electrons. The minimum Gasteiger partial charge on any atom is -0.494 e.